The Balaban J connectivity index is 1.58. The van der Waals surface area contributed by atoms with Gasteiger partial charge in [0.2, 0.25) is 0 Å². The van der Waals surface area contributed by atoms with Crippen molar-refractivity contribution in [3.05, 3.63) is 177 Å². The van der Waals surface area contributed by atoms with E-state index in [0.29, 0.717) is 0 Å². The first-order chi connectivity index (χ1) is 22.0. The van der Waals surface area contributed by atoms with Gasteiger partial charge < -0.3 is 14.2 Å². The summed E-state index contributed by atoms with van der Waals surface area (Å²) < 4.78 is 19.3. The van der Waals surface area contributed by atoms with Crippen LogP contribution in [0.15, 0.2) is 121 Å². The maximum absolute atomic E-state index is 8.07. The summed E-state index contributed by atoms with van der Waals surface area (Å²) in [5.41, 5.74) is 10.0. The first kappa shape index (κ1) is 27.7. The molecule has 0 radical (unpaired) electrons. The summed E-state index contributed by atoms with van der Waals surface area (Å²) in [6.07, 6.45) is 2.10. The smallest absolute Gasteiger partial charge is 0.146 e. The molecule has 0 saturated carbocycles. The van der Waals surface area contributed by atoms with Crippen LogP contribution in [0, 0.1) is 13.8 Å². The topological polar surface area (TPSA) is 27.7 Å². The fourth-order valence-corrected chi connectivity index (χ4v) is 7.67. The van der Waals surface area contributed by atoms with E-state index in [2.05, 4.69) is 111 Å². The minimum Gasteiger partial charge on any atom is -0.497 e. The van der Waals surface area contributed by atoms with Crippen molar-refractivity contribution in [1.82, 2.24) is 0 Å². The van der Waals surface area contributed by atoms with Crippen LogP contribution in [0.1, 0.15) is 55.6 Å². The van der Waals surface area contributed by atoms with E-state index in [1.165, 1.54) is 38.6 Å². The molecule has 3 heteroatoms. The highest BCUT2D eigenvalue weighted by atomic mass is 16.5. The zero-order chi connectivity index (χ0) is 30.8. The van der Waals surface area contributed by atoms with Crippen molar-refractivity contribution in [1.29, 1.82) is 0 Å². The van der Waals surface area contributed by atoms with Gasteiger partial charge in [-0.15, -0.1) is 0 Å². The molecule has 0 N–H and O–H groups in total. The molecule has 0 spiro atoms. The first-order valence-electron chi connectivity index (χ1n) is 15.7. The third kappa shape index (κ3) is 4.00. The second-order valence-corrected chi connectivity index (χ2v) is 12.4. The second-order valence-electron chi connectivity index (χ2n) is 12.4. The third-order valence-corrected chi connectivity index (χ3v) is 9.97. The summed E-state index contributed by atoms with van der Waals surface area (Å²) in [7, 11) is 3.42. The molecule has 8 rings (SSSR count). The number of aryl methyl sites for hydroxylation is 4. The van der Waals surface area contributed by atoms with E-state index in [0.717, 1.165) is 52.2 Å². The quantitative estimate of drug-likeness (QED) is 0.194. The molecule has 1 aliphatic carbocycles. The van der Waals surface area contributed by atoms with Gasteiger partial charge in [0.25, 0.3) is 0 Å². The highest BCUT2D eigenvalue weighted by Crippen LogP contribution is 2.59. The van der Waals surface area contributed by atoms with Crippen LogP contribution in [-0.2, 0) is 28.8 Å². The standard InChI is InChI=1S/C42H36O3/c1-27-5-13-31(14-6-27)41(32-15-7-28(2)8-16-32)37-25-11-29-9-10-30-12-26-38(40(37)39(29)30)42(45-41,33-17-21-35(43-3)22-18-33)34-19-23-36(44-4)24-20-34/h5-8,11-26H,9-10H2,1-4H3. The average Bonchev–Trinajstić information content (AvgIpc) is 3.52. The van der Waals surface area contributed by atoms with E-state index < -0.39 is 11.2 Å². The number of benzene rings is 6. The van der Waals surface area contributed by atoms with Crippen molar-refractivity contribution >= 4 is 10.8 Å². The van der Waals surface area contributed by atoms with Crippen LogP contribution in [0.5, 0.6) is 11.5 Å². The molecule has 0 bridgehead atoms. The number of hydrogen-bond acceptors (Lipinski definition) is 3. The van der Waals surface area contributed by atoms with E-state index in [1.807, 2.05) is 24.3 Å². The molecule has 6 aromatic carbocycles. The Morgan fingerprint density at radius 2 is 0.800 bits per heavy atom. The molecule has 2 aliphatic rings. The zero-order valence-electron chi connectivity index (χ0n) is 26.2. The van der Waals surface area contributed by atoms with Gasteiger partial charge in [-0.1, -0.05) is 108 Å². The van der Waals surface area contributed by atoms with Gasteiger partial charge in [0.15, 0.2) is 0 Å². The van der Waals surface area contributed by atoms with Crippen molar-refractivity contribution in [3.8, 4) is 11.5 Å². The molecule has 3 nitrogen and oxygen atoms in total. The summed E-state index contributed by atoms with van der Waals surface area (Å²) in [4.78, 5) is 0. The van der Waals surface area contributed by atoms with Crippen LogP contribution in [-0.4, -0.2) is 14.2 Å². The Morgan fingerprint density at radius 3 is 1.16 bits per heavy atom. The summed E-state index contributed by atoms with van der Waals surface area (Å²) in [6, 6.07) is 43.9. The summed E-state index contributed by atoms with van der Waals surface area (Å²) >= 11 is 0. The number of hydrogen-bond donors (Lipinski definition) is 0. The molecule has 0 unspecified atom stereocenters. The van der Waals surface area contributed by atoms with Crippen LogP contribution in [0.2, 0.25) is 0 Å². The van der Waals surface area contributed by atoms with E-state index >= 15 is 0 Å². The van der Waals surface area contributed by atoms with E-state index in [-0.39, 0.29) is 0 Å². The van der Waals surface area contributed by atoms with Gasteiger partial charge in [0, 0.05) is 11.1 Å². The highest BCUT2D eigenvalue weighted by molar-refractivity contribution is 5.99. The van der Waals surface area contributed by atoms with Crippen LogP contribution >= 0.6 is 0 Å². The Bertz CT molecular complexity index is 1930. The third-order valence-electron chi connectivity index (χ3n) is 9.97. The van der Waals surface area contributed by atoms with Crippen LogP contribution in [0.4, 0.5) is 0 Å². The molecular weight excluding hydrogens is 552 g/mol. The van der Waals surface area contributed by atoms with Crippen LogP contribution in [0.25, 0.3) is 10.8 Å². The Hall–Kier alpha value is -4.86. The lowest BCUT2D eigenvalue weighted by atomic mass is 9.68. The minimum absolute atomic E-state index is 0.809. The van der Waals surface area contributed by atoms with Gasteiger partial charge in [-0.25, -0.2) is 0 Å². The van der Waals surface area contributed by atoms with Crippen LogP contribution < -0.4 is 9.47 Å². The molecular formula is C42H36O3. The van der Waals surface area contributed by atoms with Crippen molar-refractivity contribution in [2.24, 2.45) is 0 Å². The van der Waals surface area contributed by atoms with Crippen molar-refractivity contribution in [2.75, 3.05) is 14.2 Å². The summed E-state index contributed by atoms with van der Waals surface area (Å²) in [6.45, 7) is 4.28. The van der Waals surface area contributed by atoms with Gasteiger partial charge >= 0.3 is 0 Å². The predicted molar refractivity (Wildman–Crippen MR) is 181 cm³/mol. The Morgan fingerprint density at radius 1 is 0.444 bits per heavy atom. The number of rotatable bonds is 6. The van der Waals surface area contributed by atoms with Gasteiger partial charge in [0.1, 0.15) is 22.7 Å². The maximum Gasteiger partial charge on any atom is 0.146 e. The number of methoxy groups -OCH3 is 2. The fraction of sp³-hybridized carbons (Fsp3) is 0.190. The fourth-order valence-electron chi connectivity index (χ4n) is 7.67. The normalized spacial score (nSPS) is 15.6. The van der Waals surface area contributed by atoms with Crippen molar-refractivity contribution in [2.45, 2.75) is 37.9 Å². The maximum atomic E-state index is 8.07. The van der Waals surface area contributed by atoms with E-state index in [9.17, 15) is 0 Å². The van der Waals surface area contributed by atoms with Gasteiger partial charge in [-0.3, -0.25) is 0 Å². The molecule has 6 aromatic rings. The Labute approximate surface area is 265 Å². The summed E-state index contributed by atoms with van der Waals surface area (Å²) in [5, 5.41) is 2.67. The highest BCUT2D eigenvalue weighted by Gasteiger charge is 2.54. The number of ether oxygens (including phenoxy) is 3. The molecule has 0 saturated heterocycles. The minimum atomic E-state index is -0.957. The van der Waals surface area contributed by atoms with Gasteiger partial charge in [-0.2, -0.15) is 0 Å². The van der Waals surface area contributed by atoms with Crippen molar-refractivity contribution in [3.63, 3.8) is 0 Å². The van der Waals surface area contributed by atoms with Gasteiger partial charge in [0.05, 0.1) is 14.2 Å². The SMILES string of the molecule is COc1ccc(C2(c3ccc(OC)cc3)OC(c3ccc(C)cc3)(c3ccc(C)cc3)c3ccc4c5c(ccc2c35)CC4)cc1. The molecule has 0 amide bonds. The molecule has 1 heterocycles. The van der Waals surface area contributed by atoms with E-state index in [1.54, 1.807) is 14.2 Å². The van der Waals surface area contributed by atoms with Crippen LogP contribution in [0.3, 0.4) is 0 Å². The lowest BCUT2D eigenvalue weighted by molar-refractivity contribution is -0.0849. The summed E-state index contributed by atoms with van der Waals surface area (Å²) in [5.74, 6) is 1.62. The lowest BCUT2D eigenvalue weighted by Gasteiger charge is -2.50. The first-order valence-corrected chi connectivity index (χ1v) is 15.7. The Kier molecular flexibility index (Phi) is 6.37. The van der Waals surface area contributed by atoms with Gasteiger partial charge in [-0.05, 0) is 95.1 Å². The molecule has 0 fully saturated rings. The zero-order valence-corrected chi connectivity index (χ0v) is 26.2. The molecule has 0 aromatic heterocycles. The molecule has 0 atom stereocenters. The second kappa shape index (κ2) is 10.4. The predicted octanol–water partition coefficient (Wildman–Crippen LogP) is 9.19. The molecule has 222 valence electrons. The van der Waals surface area contributed by atoms with E-state index in [4.69, 9.17) is 14.2 Å². The van der Waals surface area contributed by atoms with Crippen molar-refractivity contribution < 1.29 is 14.2 Å². The largest absolute Gasteiger partial charge is 0.497 e. The molecule has 1 aliphatic heterocycles. The molecule has 45 heavy (non-hydrogen) atoms. The lowest BCUT2D eigenvalue weighted by Crippen LogP contribution is -2.47. The monoisotopic (exact) mass is 588 g/mol. The average molecular weight is 589 g/mol.